The Labute approximate surface area is 202 Å². The molecule has 182 valence electrons. The summed E-state index contributed by atoms with van der Waals surface area (Å²) in [5.74, 6) is -0.0904. The van der Waals surface area contributed by atoms with Gasteiger partial charge in [0.2, 0.25) is 0 Å². The van der Waals surface area contributed by atoms with Gasteiger partial charge in [0.1, 0.15) is 11.6 Å². The average Bonchev–Trinajstić information content (AvgIpc) is 2.83. The minimum Gasteiger partial charge on any atom is -0.410 e. The van der Waals surface area contributed by atoms with Crippen LogP contribution in [0.4, 0.5) is 29.5 Å². The minimum atomic E-state index is -4.64. The maximum Gasteiger partial charge on any atom is 0.419 e. The lowest BCUT2D eigenvalue weighted by Gasteiger charge is -2.35. The van der Waals surface area contributed by atoms with Crippen molar-refractivity contribution in [2.24, 2.45) is 0 Å². The molecule has 2 heterocycles. The number of ether oxygens (including phenoxy) is 1. The molecule has 1 aromatic heterocycles. The van der Waals surface area contributed by atoms with Crippen LogP contribution in [0.1, 0.15) is 5.56 Å². The SMILES string of the molecule is O=C(Oc1ccc([N+](=O)[O-])cc1)N1CCN(c2ncc(-c3cccc(Cl)c3)cc2C(F)(F)F)CC1. The Bertz CT molecular complexity index is 1250. The molecule has 1 aliphatic heterocycles. The summed E-state index contributed by atoms with van der Waals surface area (Å²) in [7, 11) is 0. The number of nitrogens with zero attached hydrogens (tertiary/aromatic N) is 4. The molecular weight excluding hydrogens is 489 g/mol. The predicted octanol–water partition coefficient (Wildman–Crippen LogP) is 5.65. The van der Waals surface area contributed by atoms with Gasteiger partial charge >= 0.3 is 12.3 Å². The zero-order valence-electron chi connectivity index (χ0n) is 18.0. The first kappa shape index (κ1) is 24.3. The highest BCUT2D eigenvalue weighted by atomic mass is 35.5. The number of non-ortho nitro benzene ring substituents is 1. The largest absolute Gasteiger partial charge is 0.419 e. The van der Waals surface area contributed by atoms with Gasteiger partial charge in [0.25, 0.3) is 5.69 Å². The molecule has 1 aliphatic rings. The summed E-state index contributed by atoms with van der Waals surface area (Å²) < 4.78 is 46.9. The van der Waals surface area contributed by atoms with E-state index in [9.17, 15) is 28.1 Å². The number of amides is 1. The third-order valence-corrected chi connectivity index (χ3v) is 5.66. The lowest BCUT2D eigenvalue weighted by molar-refractivity contribution is -0.384. The fraction of sp³-hybridized carbons (Fsp3) is 0.217. The van der Waals surface area contributed by atoms with Crippen molar-refractivity contribution in [1.82, 2.24) is 9.88 Å². The summed E-state index contributed by atoms with van der Waals surface area (Å²) in [4.78, 5) is 29.5. The third-order valence-electron chi connectivity index (χ3n) is 5.42. The molecule has 35 heavy (non-hydrogen) atoms. The third kappa shape index (κ3) is 5.62. The van der Waals surface area contributed by atoms with E-state index in [-0.39, 0.29) is 49.0 Å². The Morgan fingerprint density at radius 2 is 1.71 bits per heavy atom. The molecule has 0 atom stereocenters. The molecule has 0 radical (unpaired) electrons. The van der Waals surface area contributed by atoms with E-state index in [2.05, 4.69) is 4.98 Å². The van der Waals surface area contributed by atoms with Crippen molar-refractivity contribution in [3.8, 4) is 16.9 Å². The fourth-order valence-corrected chi connectivity index (χ4v) is 3.84. The van der Waals surface area contributed by atoms with Crippen molar-refractivity contribution in [3.05, 3.63) is 81.5 Å². The monoisotopic (exact) mass is 506 g/mol. The van der Waals surface area contributed by atoms with Gasteiger partial charge in [-0.1, -0.05) is 23.7 Å². The number of aromatic nitrogens is 1. The maximum absolute atomic E-state index is 13.9. The molecule has 1 fully saturated rings. The Balaban J connectivity index is 1.46. The van der Waals surface area contributed by atoms with E-state index in [4.69, 9.17) is 16.3 Å². The number of benzene rings is 2. The second kappa shape index (κ2) is 9.79. The normalized spacial score (nSPS) is 14.1. The first-order valence-electron chi connectivity index (χ1n) is 10.4. The topological polar surface area (TPSA) is 88.8 Å². The summed E-state index contributed by atoms with van der Waals surface area (Å²) in [5, 5.41) is 11.1. The van der Waals surface area contributed by atoms with Crippen molar-refractivity contribution in [3.63, 3.8) is 0 Å². The first-order chi connectivity index (χ1) is 16.6. The van der Waals surface area contributed by atoms with E-state index in [1.807, 2.05) is 0 Å². The Morgan fingerprint density at radius 3 is 2.31 bits per heavy atom. The second-order valence-electron chi connectivity index (χ2n) is 7.70. The van der Waals surface area contributed by atoms with E-state index in [1.54, 1.807) is 24.3 Å². The van der Waals surface area contributed by atoms with Crippen molar-refractivity contribution >= 4 is 29.2 Å². The number of hydrogen-bond donors (Lipinski definition) is 0. The molecule has 2 aromatic carbocycles. The summed E-state index contributed by atoms with van der Waals surface area (Å²) in [6.45, 7) is 0.450. The van der Waals surface area contributed by atoms with Gasteiger partial charge in [0.05, 0.1) is 10.5 Å². The van der Waals surface area contributed by atoms with Gasteiger partial charge in [-0.15, -0.1) is 0 Å². The van der Waals surface area contributed by atoms with Crippen LogP contribution in [0.2, 0.25) is 5.02 Å². The number of carbonyl (C=O) groups is 1. The number of pyridine rings is 1. The number of carbonyl (C=O) groups excluding carboxylic acids is 1. The van der Waals surface area contributed by atoms with Gasteiger partial charge in [0, 0.05) is 55.1 Å². The molecule has 12 heteroatoms. The number of hydrogen-bond acceptors (Lipinski definition) is 6. The molecule has 1 saturated heterocycles. The fourth-order valence-electron chi connectivity index (χ4n) is 3.65. The molecule has 0 saturated carbocycles. The quantitative estimate of drug-likeness (QED) is 0.335. The van der Waals surface area contributed by atoms with E-state index in [1.165, 1.54) is 40.3 Å². The molecule has 4 rings (SSSR count). The Morgan fingerprint density at radius 1 is 1.03 bits per heavy atom. The van der Waals surface area contributed by atoms with E-state index < -0.39 is 22.8 Å². The highest BCUT2D eigenvalue weighted by Gasteiger charge is 2.37. The van der Waals surface area contributed by atoms with Crippen LogP contribution in [0.5, 0.6) is 5.75 Å². The van der Waals surface area contributed by atoms with Gasteiger partial charge in [0.15, 0.2) is 0 Å². The van der Waals surface area contributed by atoms with Crippen LogP contribution in [0.15, 0.2) is 60.8 Å². The van der Waals surface area contributed by atoms with E-state index >= 15 is 0 Å². The number of halogens is 4. The second-order valence-corrected chi connectivity index (χ2v) is 8.13. The highest BCUT2D eigenvalue weighted by molar-refractivity contribution is 6.30. The zero-order chi connectivity index (χ0) is 25.2. The van der Waals surface area contributed by atoms with E-state index in [0.29, 0.717) is 10.6 Å². The maximum atomic E-state index is 13.9. The van der Waals surface area contributed by atoms with Crippen molar-refractivity contribution in [2.75, 3.05) is 31.1 Å². The van der Waals surface area contributed by atoms with Crippen LogP contribution in [0.25, 0.3) is 11.1 Å². The number of piperazine rings is 1. The lowest BCUT2D eigenvalue weighted by atomic mass is 10.0. The Kier molecular flexibility index (Phi) is 6.79. The smallest absolute Gasteiger partial charge is 0.410 e. The van der Waals surface area contributed by atoms with Crippen molar-refractivity contribution < 1.29 is 27.6 Å². The number of alkyl halides is 3. The number of nitro benzene ring substituents is 1. The average molecular weight is 507 g/mol. The summed E-state index contributed by atoms with van der Waals surface area (Å²) in [6, 6.07) is 12.5. The Hall–Kier alpha value is -3.86. The van der Waals surface area contributed by atoms with Gasteiger partial charge in [-0.25, -0.2) is 9.78 Å². The highest BCUT2D eigenvalue weighted by Crippen LogP contribution is 2.38. The van der Waals surface area contributed by atoms with E-state index in [0.717, 1.165) is 6.07 Å². The number of rotatable bonds is 4. The minimum absolute atomic E-state index is 0.112. The van der Waals surface area contributed by atoms with Crippen LogP contribution >= 0.6 is 11.6 Å². The van der Waals surface area contributed by atoms with Gasteiger partial charge in [-0.3, -0.25) is 10.1 Å². The van der Waals surface area contributed by atoms with Crippen LogP contribution < -0.4 is 9.64 Å². The summed E-state index contributed by atoms with van der Waals surface area (Å²) in [6.07, 6.45) is -3.97. The van der Waals surface area contributed by atoms with Crippen LogP contribution in [-0.2, 0) is 6.18 Å². The van der Waals surface area contributed by atoms with Crippen LogP contribution in [0, 0.1) is 10.1 Å². The van der Waals surface area contributed by atoms with Gasteiger partial charge < -0.3 is 14.5 Å². The molecule has 0 spiro atoms. The first-order valence-corrected chi connectivity index (χ1v) is 10.8. The van der Waals surface area contributed by atoms with Crippen LogP contribution in [0.3, 0.4) is 0 Å². The molecular formula is C23H18ClF3N4O4. The van der Waals surface area contributed by atoms with Gasteiger partial charge in [-0.2, -0.15) is 13.2 Å². The zero-order valence-corrected chi connectivity index (χ0v) is 18.8. The summed E-state index contributed by atoms with van der Waals surface area (Å²) in [5.41, 5.74) is -0.223. The molecule has 1 amide bonds. The molecule has 0 aliphatic carbocycles. The predicted molar refractivity (Wildman–Crippen MR) is 123 cm³/mol. The summed E-state index contributed by atoms with van der Waals surface area (Å²) >= 11 is 5.97. The molecule has 3 aromatic rings. The van der Waals surface area contributed by atoms with Crippen molar-refractivity contribution in [1.29, 1.82) is 0 Å². The number of anilines is 1. The molecule has 8 nitrogen and oxygen atoms in total. The molecule has 0 N–H and O–H groups in total. The number of nitro groups is 1. The standard InChI is InChI=1S/C23H18ClF3N4O4/c24-17-3-1-2-15(12-17)16-13-20(23(25,26)27)21(28-14-16)29-8-10-30(11-9-29)22(32)35-19-6-4-18(5-7-19)31(33)34/h1-7,12-14H,8-11H2. The molecule has 0 unspecified atom stereocenters. The van der Waals surface area contributed by atoms with Crippen molar-refractivity contribution in [2.45, 2.75) is 6.18 Å². The molecule has 0 bridgehead atoms. The van der Waals surface area contributed by atoms with Crippen LogP contribution in [-0.4, -0.2) is 47.1 Å². The lowest BCUT2D eigenvalue weighted by Crippen LogP contribution is -2.50. The van der Waals surface area contributed by atoms with Gasteiger partial charge in [-0.05, 0) is 35.9 Å².